The number of anilines is 1. The van der Waals surface area contributed by atoms with Gasteiger partial charge in [0, 0.05) is 11.8 Å². The molecule has 3 rings (SSSR count). The number of aromatic nitrogens is 2. The molecule has 1 aliphatic rings. The smallest absolute Gasteiger partial charge is 0.264 e. The Balaban J connectivity index is 1.77. The summed E-state index contributed by atoms with van der Waals surface area (Å²) < 4.78 is 5.10. The number of rotatable bonds is 3. The Morgan fingerprint density at radius 3 is 2.47 bits per heavy atom. The lowest BCUT2D eigenvalue weighted by Crippen LogP contribution is -2.40. The van der Waals surface area contributed by atoms with Crippen molar-refractivity contribution in [2.24, 2.45) is 0 Å². The Morgan fingerprint density at radius 2 is 1.94 bits per heavy atom. The second-order valence-electron chi connectivity index (χ2n) is 4.13. The summed E-state index contributed by atoms with van der Waals surface area (Å²) in [7, 11) is 0. The number of ether oxygens (including phenoxy) is 1. The maximum absolute atomic E-state index is 11.0. The zero-order valence-corrected chi connectivity index (χ0v) is 9.19. The van der Waals surface area contributed by atoms with E-state index in [1.54, 1.807) is 6.07 Å². The minimum absolute atomic E-state index is 0.117. The molecule has 0 unspecified atom stereocenters. The average molecular weight is 231 g/mol. The van der Waals surface area contributed by atoms with Gasteiger partial charge in [-0.05, 0) is 17.7 Å². The first-order valence-corrected chi connectivity index (χ1v) is 5.54. The molecule has 0 amide bonds. The number of nitrogens with one attached hydrogen (secondary N) is 3. The van der Waals surface area contributed by atoms with Crippen molar-refractivity contribution in [1.82, 2.24) is 10.2 Å². The van der Waals surface area contributed by atoms with E-state index >= 15 is 0 Å². The molecule has 0 radical (unpaired) electrons. The van der Waals surface area contributed by atoms with Crippen LogP contribution in [0.15, 0.2) is 35.1 Å². The molecule has 0 bridgehead atoms. The van der Waals surface area contributed by atoms with E-state index in [0.29, 0.717) is 6.04 Å². The molecule has 5 heteroatoms. The van der Waals surface area contributed by atoms with Gasteiger partial charge in [-0.2, -0.15) is 0 Å². The van der Waals surface area contributed by atoms with Crippen molar-refractivity contribution in [2.45, 2.75) is 6.04 Å². The molecule has 0 saturated carbocycles. The highest BCUT2D eigenvalue weighted by Crippen LogP contribution is 2.19. The van der Waals surface area contributed by atoms with Gasteiger partial charge in [-0.3, -0.25) is 15.0 Å². The summed E-state index contributed by atoms with van der Waals surface area (Å²) >= 11 is 0. The molecular formula is C12H13N3O2. The summed E-state index contributed by atoms with van der Waals surface area (Å²) in [5.41, 5.74) is 2.74. The van der Waals surface area contributed by atoms with E-state index in [1.165, 1.54) is 0 Å². The Morgan fingerprint density at radius 1 is 1.18 bits per heavy atom. The molecule has 0 atom stereocenters. The molecule has 0 aliphatic carbocycles. The summed E-state index contributed by atoms with van der Waals surface area (Å²) in [6.45, 7) is 1.54. The van der Waals surface area contributed by atoms with Crippen LogP contribution in [0.5, 0.6) is 0 Å². The van der Waals surface area contributed by atoms with Crippen molar-refractivity contribution in [2.75, 3.05) is 18.5 Å². The molecular weight excluding hydrogens is 218 g/mol. The highest BCUT2D eigenvalue weighted by molar-refractivity contribution is 5.62. The number of hydrogen-bond acceptors (Lipinski definition) is 3. The van der Waals surface area contributed by atoms with Crippen LogP contribution in [0.1, 0.15) is 0 Å². The summed E-state index contributed by atoms with van der Waals surface area (Å²) in [4.78, 5) is 11.0. The maximum atomic E-state index is 11.0. The van der Waals surface area contributed by atoms with Crippen molar-refractivity contribution in [3.05, 3.63) is 40.7 Å². The zero-order valence-electron chi connectivity index (χ0n) is 9.19. The molecule has 1 saturated heterocycles. The molecule has 0 spiro atoms. The lowest BCUT2D eigenvalue weighted by molar-refractivity contribution is 0.0211. The molecule has 5 nitrogen and oxygen atoms in total. The summed E-state index contributed by atoms with van der Waals surface area (Å²) in [5, 5.41) is 8.70. The molecule has 1 aromatic heterocycles. The van der Waals surface area contributed by atoms with Crippen LogP contribution >= 0.6 is 0 Å². The molecule has 17 heavy (non-hydrogen) atoms. The molecule has 3 N–H and O–H groups in total. The third-order valence-electron chi connectivity index (χ3n) is 2.80. The Kier molecular flexibility index (Phi) is 2.45. The number of hydrogen-bond donors (Lipinski definition) is 3. The summed E-state index contributed by atoms with van der Waals surface area (Å²) in [6.07, 6.45) is 0. The van der Waals surface area contributed by atoms with E-state index in [9.17, 15) is 4.79 Å². The maximum Gasteiger partial charge on any atom is 0.264 e. The second kappa shape index (κ2) is 4.10. The lowest BCUT2D eigenvalue weighted by Gasteiger charge is -2.27. The predicted molar refractivity (Wildman–Crippen MR) is 65.1 cm³/mol. The predicted octanol–water partition coefficient (Wildman–Crippen LogP) is 1.18. The summed E-state index contributed by atoms with van der Waals surface area (Å²) in [6, 6.07) is 9.91. The fourth-order valence-electron chi connectivity index (χ4n) is 1.79. The fourth-order valence-corrected chi connectivity index (χ4v) is 1.79. The van der Waals surface area contributed by atoms with Gasteiger partial charge in [-0.25, -0.2) is 0 Å². The van der Waals surface area contributed by atoms with Crippen LogP contribution in [0.3, 0.4) is 0 Å². The van der Waals surface area contributed by atoms with Crippen molar-refractivity contribution in [1.29, 1.82) is 0 Å². The van der Waals surface area contributed by atoms with Crippen molar-refractivity contribution >= 4 is 5.69 Å². The van der Waals surface area contributed by atoms with Crippen LogP contribution in [0.25, 0.3) is 11.3 Å². The van der Waals surface area contributed by atoms with Gasteiger partial charge in [-0.15, -0.1) is 0 Å². The summed E-state index contributed by atoms with van der Waals surface area (Å²) in [5.74, 6) is 0. The van der Waals surface area contributed by atoms with Crippen LogP contribution in [0.4, 0.5) is 5.69 Å². The first-order valence-electron chi connectivity index (χ1n) is 5.54. The monoisotopic (exact) mass is 231 g/mol. The second-order valence-corrected chi connectivity index (χ2v) is 4.13. The van der Waals surface area contributed by atoms with Crippen LogP contribution < -0.4 is 10.9 Å². The van der Waals surface area contributed by atoms with E-state index in [0.717, 1.165) is 30.2 Å². The number of aromatic amines is 2. The zero-order chi connectivity index (χ0) is 11.7. The minimum atomic E-state index is -0.117. The highest BCUT2D eigenvalue weighted by Gasteiger charge is 2.17. The number of H-pyrrole nitrogens is 2. The first-order chi connectivity index (χ1) is 8.31. The average Bonchev–Trinajstić information content (AvgIpc) is 2.71. The van der Waals surface area contributed by atoms with Gasteiger partial charge < -0.3 is 10.1 Å². The lowest BCUT2D eigenvalue weighted by atomic mass is 10.1. The quantitative estimate of drug-likeness (QED) is 0.743. The van der Waals surface area contributed by atoms with E-state index < -0.39 is 0 Å². The minimum Gasteiger partial charge on any atom is -0.378 e. The highest BCUT2D eigenvalue weighted by atomic mass is 16.5. The molecule has 1 aromatic carbocycles. The van der Waals surface area contributed by atoms with E-state index in [2.05, 4.69) is 15.5 Å². The Labute approximate surface area is 97.8 Å². The van der Waals surface area contributed by atoms with Gasteiger partial charge in [-0.1, -0.05) is 12.1 Å². The molecule has 88 valence electrons. The molecule has 1 fully saturated rings. The van der Waals surface area contributed by atoms with E-state index in [1.807, 2.05) is 24.3 Å². The first kappa shape index (κ1) is 10.2. The normalized spacial score (nSPS) is 15.5. The topological polar surface area (TPSA) is 69.9 Å². The van der Waals surface area contributed by atoms with Gasteiger partial charge in [0.15, 0.2) is 0 Å². The van der Waals surface area contributed by atoms with E-state index in [4.69, 9.17) is 4.74 Å². The SMILES string of the molecule is O=c1cc(-c2ccc(NC3COC3)cc2)[nH][nH]1. The Hall–Kier alpha value is -2.01. The van der Waals surface area contributed by atoms with Crippen LogP contribution in [0.2, 0.25) is 0 Å². The van der Waals surface area contributed by atoms with Gasteiger partial charge in [0.25, 0.3) is 5.56 Å². The Bertz CT molecular complexity index is 552. The molecule has 1 aliphatic heterocycles. The third-order valence-corrected chi connectivity index (χ3v) is 2.80. The third kappa shape index (κ3) is 2.09. The van der Waals surface area contributed by atoms with Gasteiger partial charge in [0.05, 0.1) is 24.9 Å². The van der Waals surface area contributed by atoms with Crippen molar-refractivity contribution < 1.29 is 4.74 Å². The molecule has 2 heterocycles. The van der Waals surface area contributed by atoms with Crippen LogP contribution in [-0.2, 0) is 4.74 Å². The largest absolute Gasteiger partial charge is 0.378 e. The van der Waals surface area contributed by atoms with E-state index in [-0.39, 0.29) is 5.56 Å². The fraction of sp³-hybridized carbons (Fsp3) is 0.250. The number of benzene rings is 1. The van der Waals surface area contributed by atoms with Crippen LogP contribution in [0, 0.1) is 0 Å². The standard InChI is InChI=1S/C12H13N3O2/c16-12-5-11(14-15-12)8-1-3-9(4-2-8)13-10-6-17-7-10/h1-5,10,13H,6-7H2,(H2,14,15,16). The van der Waals surface area contributed by atoms with Crippen molar-refractivity contribution in [3.8, 4) is 11.3 Å². The molecule has 2 aromatic rings. The van der Waals surface area contributed by atoms with Gasteiger partial charge >= 0.3 is 0 Å². The van der Waals surface area contributed by atoms with Crippen molar-refractivity contribution in [3.63, 3.8) is 0 Å². The van der Waals surface area contributed by atoms with Crippen LogP contribution in [-0.4, -0.2) is 29.5 Å². The van der Waals surface area contributed by atoms with Gasteiger partial charge in [0.2, 0.25) is 0 Å². The van der Waals surface area contributed by atoms with Gasteiger partial charge in [0.1, 0.15) is 0 Å².